The van der Waals surface area contributed by atoms with E-state index in [4.69, 9.17) is 5.11 Å². The molecule has 1 fully saturated rings. The number of carbonyl (C=O) groups excluding carboxylic acids is 1. The summed E-state index contributed by atoms with van der Waals surface area (Å²) >= 11 is 0. The number of anilines is 1. The Morgan fingerprint density at radius 2 is 2.11 bits per heavy atom. The minimum absolute atomic E-state index is 0.0615. The summed E-state index contributed by atoms with van der Waals surface area (Å²) in [7, 11) is 0. The highest BCUT2D eigenvalue weighted by atomic mass is 19.1. The van der Waals surface area contributed by atoms with E-state index in [2.05, 4.69) is 0 Å². The third-order valence-corrected chi connectivity index (χ3v) is 3.51. The van der Waals surface area contributed by atoms with E-state index in [1.54, 1.807) is 30.0 Å². The second kappa shape index (κ2) is 6.02. The second-order valence-corrected chi connectivity index (χ2v) is 4.76. The SMILES string of the molecule is CC(=O)N1CCCN(c2cccc(CO)c2F)CC1. The van der Waals surface area contributed by atoms with Crippen LogP contribution in [0.5, 0.6) is 0 Å². The molecule has 4 nitrogen and oxygen atoms in total. The van der Waals surface area contributed by atoms with E-state index in [-0.39, 0.29) is 18.3 Å². The summed E-state index contributed by atoms with van der Waals surface area (Å²) in [4.78, 5) is 15.1. The van der Waals surface area contributed by atoms with Gasteiger partial charge in [0.15, 0.2) is 5.82 Å². The van der Waals surface area contributed by atoms with Crippen LogP contribution >= 0.6 is 0 Å². The molecule has 104 valence electrons. The van der Waals surface area contributed by atoms with Crippen molar-refractivity contribution < 1.29 is 14.3 Å². The van der Waals surface area contributed by atoms with Gasteiger partial charge in [0.2, 0.25) is 5.91 Å². The van der Waals surface area contributed by atoms with Gasteiger partial charge in [-0.25, -0.2) is 4.39 Å². The molecule has 5 heteroatoms. The molecule has 1 saturated heterocycles. The lowest BCUT2D eigenvalue weighted by Crippen LogP contribution is -2.33. The Labute approximate surface area is 112 Å². The van der Waals surface area contributed by atoms with E-state index in [0.717, 1.165) is 13.0 Å². The van der Waals surface area contributed by atoms with Crippen LogP contribution in [-0.2, 0) is 11.4 Å². The molecule has 0 radical (unpaired) electrons. The zero-order valence-corrected chi connectivity index (χ0v) is 11.1. The lowest BCUT2D eigenvalue weighted by molar-refractivity contribution is -0.128. The van der Waals surface area contributed by atoms with Crippen molar-refractivity contribution in [3.63, 3.8) is 0 Å². The van der Waals surface area contributed by atoms with Gasteiger partial charge in [0.05, 0.1) is 12.3 Å². The van der Waals surface area contributed by atoms with Gasteiger partial charge in [0.25, 0.3) is 0 Å². The summed E-state index contributed by atoms with van der Waals surface area (Å²) in [5, 5.41) is 9.10. The van der Waals surface area contributed by atoms with E-state index < -0.39 is 0 Å². The molecule has 1 aromatic carbocycles. The second-order valence-electron chi connectivity index (χ2n) is 4.76. The molecule has 0 saturated carbocycles. The van der Waals surface area contributed by atoms with Gasteiger partial charge in [-0.05, 0) is 12.5 Å². The number of aliphatic hydroxyl groups excluding tert-OH is 1. The predicted octanol–water partition coefficient (Wildman–Crippen LogP) is 1.38. The van der Waals surface area contributed by atoms with Crippen molar-refractivity contribution in [3.8, 4) is 0 Å². The highest BCUT2D eigenvalue weighted by molar-refractivity contribution is 5.73. The highest BCUT2D eigenvalue weighted by Gasteiger charge is 2.19. The van der Waals surface area contributed by atoms with Gasteiger partial charge in [-0.3, -0.25) is 4.79 Å². The first-order valence-electron chi connectivity index (χ1n) is 6.52. The number of aliphatic hydroxyl groups is 1. The number of rotatable bonds is 2. The maximum Gasteiger partial charge on any atom is 0.219 e. The van der Waals surface area contributed by atoms with Crippen molar-refractivity contribution in [2.45, 2.75) is 20.0 Å². The molecule has 0 atom stereocenters. The molecule has 1 amide bonds. The van der Waals surface area contributed by atoms with Gasteiger partial charge in [-0.15, -0.1) is 0 Å². The van der Waals surface area contributed by atoms with E-state index in [1.807, 2.05) is 4.90 Å². The Morgan fingerprint density at radius 3 is 2.79 bits per heavy atom. The Bertz CT molecular complexity index is 465. The van der Waals surface area contributed by atoms with Crippen molar-refractivity contribution in [3.05, 3.63) is 29.6 Å². The van der Waals surface area contributed by atoms with Crippen molar-refractivity contribution in [2.75, 3.05) is 31.1 Å². The Balaban J connectivity index is 2.16. The summed E-state index contributed by atoms with van der Waals surface area (Å²) in [6.45, 7) is 3.92. The van der Waals surface area contributed by atoms with Gasteiger partial charge in [0.1, 0.15) is 0 Å². The summed E-state index contributed by atoms with van der Waals surface area (Å²) in [5.41, 5.74) is 0.821. The highest BCUT2D eigenvalue weighted by Crippen LogP contribution is 2.23. The average molecular weight is 266 g/mol. The standard InChI is InChI=1S/C14H19FN2O2/c1-11(19)16-6-3-7-17(9-8-16)13-5-2-4-12(10-18)14(13)15/h2,4-5,18H,3,6-10H2,1H3. The normalized spacial score (nSPS) is 16.4. The number of hydrogen-bond donors (Lipinski definition) is 1. The van der Waals surface area contributed by atoms with Crippen LogP contribution in [0.3, 0.4) is 0 Å². The van der Waals surface area contributed by atoms with E-state index >= 15 is 0 Å². The van der Waals surface area contributed by atoms with Gasteiger partial charge >= 0.3 is 0 Å². The Kier molecular flexibility index (Phi) is 4.37. The number of halogens is 1. The molecule has 0 aliphatic carbocycles. The summed E-state index contributed by atoms with van der Waals surface area (Å²) < 4.78 is 14.2. The summed E-state index contributed by atoms with van der Waals surface area (Å²) in [5.74, 6) is -0.298. The van der Waals surface area contributed by atoms with Crippen LogP contribution in [0.1, 0.15) is 18.9 Å². The molecule has 19 heavy (non-hydrogen) atoms. The first-order chi connectivity index (χ1) is 9.13. The predicted molar refractivity (Wildman–Crippen MR) is 71.4 cm³/mol. The van der Waals surface area contributed by atoms with Gasteiger partial charge in [-0.2, -0.15) is 0 Å². The molecule has 0 unspecified atom stereocenters. The van der Waals surface area contributed by atoms with Crippen molar-refractivity contribution >= 4 is 11.6 Å². The van der Waals surface area contributed by atoms with Gasteiger partial charge in [0, 0.05) is 38.7 Å². The maximum atomic E-state index is 14.2. The number of nitrogens with zero attached hydrogens (tertiary/aromatic N) is 2. The summed E-state index contributed by atoms with van der Waals surface area (Å²) in [6.07, 6.45) is 0.822. The first kappa shape index (κ1) is 13.8. The van der Waals surface area contributed by atoms with Crippen LogP contribution in [0.4, 0.5) is 10.1 Å². The van der Waals surface area contributed by atoms with Crippen LogP contribution in [0.25, 0.3) is 0 Å². The maximum absolute atomic E-state index is 14.2. The third kappa shape index (κ3) is 3.04. The van der Waals surface area contributed by atoms with Crippen LogP contribution in [0.15, 0.2) is 18.2 Å². The molecule has 1 N–H and O–H groups in total. The van der Waals surface area contributed by atoms with Gasteiger partial charge < -0.3 is 14.9 Å². The first-order valence-corrected chi connectivity index (χ1v) is 6.52. The fraction of sp³-hybridized carbons (Fsp3) is 0.500. The van der Waals surface area contributed by atoms with Crippen LogP contribution in [-0.4, -0.2) is 42.1 Å². The zero-order valence-electron chi connectivity index (χ0n) is 11.1. The molecule has 2 rings (SSSR count). The van der Waals surface area contributed by atoms with Crippen LogP contribution in [0, 0.1) is 5.82 Å². The fourth-order valence-corrected chi connectivity index (χ4v) is 2.41. The zero-order chi connectivity index (χ0) is 13.8. The molecular weight excluding hydrogens is 247 g/mol. The summed E-state index contributed by atoms with van der Waals surface area (Å²) in [6, 6.07) is 5.05. The lowest BCUT2D eigenvalue weighted by Gasteiger charge is -2.24. The monoisotopic (exact) mass is 266 g/mol. The van der Waals surface area contributed by atoms with Crippen LogP contribution < -0.4 is 4.90 Å². The molecule has 1 aliphatic heterocycles. The van der Waals surface area contributed by atoms with E-state index in [0.29, 0.717) is 30.9 Å². The van der Waals surface area contributed by atoms with Crippen molar-refractivity contribution in [2.24, 2.45) is 0 Å². The largest absolute Gasteiger partial charge is 0.392 e. The number of hydrogen-bond acceptors (Lipinski definition) is 3. The molecule has 0 spiro atoms. The topological polar surface area (TPSA) is 43.8 Å². The van der Waals surface area contributed by atoms with Crippen LogP contribution in [0.2, 0.25) is 0 Å². The minimum Gasteiger partial charge on any atom is -0.392 e. The molecule has 1 aromatic rings. The fourth-order valence-electron chi connectivity index (χ4n) is 2.41. The Hall–Kier alpha value is -1.62. The van der Waals surface area contributed by atoms with Crippen molar-refractivity contribution in [1.29, 1.82) is 0 Å². The van der Waals surface area contributed by atoms with E-state index in [9.17, 15) is 9.18 Å². The lowest BCUT2D eigenvalue weighted by atomic mass is 10.1. The average Bonchev–Trinajstić information content (AvgIpc) is 2.65. The Morgan fingerprint density at radius 1 is 1.32 bits per heavy atom. The molecular formula is C14H19FN2O2. The molecule has 1 aliphatic rings. The number of carbonyl (C=O) groups is 1. The van der Waals surface area contributed by atoms with Gasteiger partial charge in [-0.1, -0.05) is 12.1 Å². The smallest absolute Gasteiger partial charge is 0.219 e. The molecule has 0 bridgehead atoms. The number of amides is 1. The van der Waals surface area contributed by atoms with Crippen molar-refractivity contribution in [1.82, 2.24) is 4.90 Å². The molecule has 0 aromatic heterocycles. The quantitative estimate of drug-likeness (QED) is 0.879. The molecule has 1 heterocycles. The minimum atomic E-state index is -0.360. The third-order valence-electron chi connectivity index (χ3n) is 3.51. The number of benzene rings is 1. The van der Waals surface area contributed by atoms with E-state index in [1.165, 1.54) is 0 Å².